The van der Waals surface area contributed by atoms with E-state index in [1.54, 1.807) is 36.1 Å². The van der Waals surface area contributed by atoms with Crippen LogP contribution in [-0.2, 0) is 20.7 Å². The predicted molar refractivity (Wildman–Crippen MR) is 143 cm³/mol. The molecule has 10 heteroatoms. The van der Waals surface area contributed by atoms with Gasteiger partial charge in [0.25, 0.3) is 5.91 Å². The number of rotatable bonds is 9. The molecule has 0 aromatic heterocycles. The van der Waals surface area contributed by atoms with Gasteiger partial charge in [-0.25, -0.2) is 13.6 Å². The van der Waals surface area contributed by atoms with E-state index >= 15 is 0 Å². The Morgan fingerprint density at radius 2 is 1.55 bits per heavy atom. The van der Waals surface area contributed by atoms with E-state index < -0.39 is 29.6 Å². The Kier molecular flexibility index (Phi) is 8.42. The second-order valence-corrected chi connectivity index (χ2v) is 8.93. The SMILES string of the molecule is CCOC(=O)c1ccc(NC(=O)CC2C(=O)N(c3ccc(F)cc3)C(=S)N2CCc2ccc(F)cc2)cc1. The molecule has 0 saturated carbocycles. The molecule has 196 valence electrons. The molecule has 3 aromatic rings. The van der Waals surface area contributed by atoms with Gasteiger partial charge in [0.2, 0.25) is 5.91 Å². The van der Waals surface area contributed by atoms with E-state index in [-0.39, 0.29) is 24.0 Å². The summed E-state index contributed by atoms with van der Waals surface area (Å²) in [6.07, 6.45) is 0.262. The summed E-state index contributed by atoms with van der Waals surface area (Å²) in [6, 6.07) is 16.7. The van der Waals surface area contributed by atoms with Crippen molar-refractivity contribution >= 4 is 46.5 Å². The number of esters is 1. The lowest BCUT2D eigenvalue weighted by Crippen LogP contribution is -2.39. The topological polar surface area (TPSA) is 78.9 Å². The van der Waals surface area contributed by atoms with Crippen LogP contribution >= 0.6 is 12.2 Å². The van der Waals surface area contributed by atoms with Crippen LogP contribution in [0.4, 0.5) is 20.2 Å². The van der Waals surface area contributed by atoms with Gasteiger partial charge in [-0.15, -0.1) is 0 Å². The minimum atomic E-state index is -0.896. The van der Waals surface area contributed by atoms with E-state index in [0.717, 1.165) is 5.56 Å². The van der Waals surface area contributed by atoms with Crippen molar-refractivity contribution in [3.05, 3.63) is 95.6 Å². The molecule has 0 radical (unpaired) electrons. The van der Waals surface area contributed by atoms with Gasteiger partial charge in [0.05, 0.1) is 24.3 Å². The molecule has 38 heavy (non-hydrogen) atoms. The summed E-state index contributed by atoms with van der Waals surface area (Å²) in [6.45, 7) is 2.27. The lowest BCUT2D eigenvalue weighted by atomic mass is 10.1. The first-order valence-electron chi connectivity index (χ1n) is 12.0. The highest BCUT2D eigenvalue weighted by Crippen LogP contribution is 2.28. The second kappa shape index (κ2) is 11.9. The molecule has 1 N–H and O–H groups in total. The molecule has 0 bridgehead atoms. The first kappa shape index (κ1) is 26.9. The van der Waals surface area contributed by atoms with Crippen LogP contribution in [0.3, 0.4) is 0 Å². The monoisotopic (exact) mass is 537 g/mol. The van der Waals surface area contributed by atoms with Crippen LogP contribution in [0, 0.1) is 11.6 Å². The number of carbonyl (C=O) groups is 3. The Balaban J connectivity index is 1.51. The number of hydrogen-bond acceptors (Lipinski definition) is 5. The van der Waals surface area contributed by atoms with Gasteiger partial charge in [-0.2, -0.15) is 0 Å². The largest absolute Gasteiger partial charge is 0.462 e. The van der Waals surface area contributed by atoms with E-state index in [1.807, 2.05) is 0 Å². The molecule has 4 rings (SSSR count). The van der Waals surface area contributed by atoms with Crippen LogP contribution in [0.2, 0.25) is 0 Å². The third-order valence-corrected chi connectivity index (χ3v) is 6.43. The summed E-state index contributed by atoms with van der Waals surface area (Å²) in [5.41, 5.74) is 2.03. The van der Waals surface area contributed by atoms with Crippen LogP contribution in [0.5, 0.6) is 0 Å². The number of amides is 2. The van der Waals surface area contributed by atoms with E-state index in [4.69, 9.17) is 17.0 Å². The summed E-state index contributed by atoms with van der Waals surface area (Å²) >= 11 is 5.61. The molecule has 1 saturated heterocycles. The zero-order valence-corrected chi connectivity index (χ0v) is 21.3. The maximum atomic E-state index is 13.5. The summed E-state index contributed by atoms with van der Waals surface area (Å²) < 4.78 is 31.8. The van der Waals surface area contributed by atoms with Gasteiger partial charge in [-0.05, 0) is 91.8 Å². The quantitative estimate of drug-likeness (QED) is 0.315. The van der Waals surface area contributed by atoms with Crippen molar-refractivity contribution in [2.75, 3.05) is 23.4 Å². The summed E-state index contributed by atoms with van der Waals surface area (Å²) in [4.78, 5) is 41.2. The van der Waals surface area contributed by atoms with Crippen molar-refractivity contribution < 1.29 is 27.9 Å². The van der Waals surface area contributed by atoms with Crippen LogP contribution in [0.15, 0.2) is 72.8 Å². The summed E-state index contributed by atoms with van der Waals surface area (Å²) in [5.74, 6) is -2.11. The number of hydrogen-bond donors (Lipinski definition) is 1. The fourth-order valence-electron chi connectivity index (χ4n) is 4.11. The van der Waals surface area contributed by atoms with Gasteiger partial charge in [-0.3, -0.25) is 14.5 Å². The van der Waals surface area contributed by atoms with Crippen molar-refractivity contribution in [2.45, 2.75) is 25.8 Å². The molecule has 1 aliphatic heterocycles. The Hall–Kier alpha value is -4.18. The Bertz CT molecular complexity index is 1330. The normalized spacial score (nSPS) is 15.1. The Morgan fingerprint density at radius 3 is 2.16 bits per heavy atom. The van der Waals surface area contributed by atoms with Gasteiger partial charge in [0, 0.05) is 12.2 Å². The molecule has 1 heterocycles. The van der Waals surface area contributed by atoms with E-state index in [0.29, 0.717) is 29.9 Å². The summed E-state index contributed by atoms with van der Waals surface area (Å²) in [7, 11) is 0. The van der Waals surface area contributed by atoms with Crippen LogP contribution in [0.25, 0.3) is 0 Å². The number of nitrogens with zero attached hydrogens (tertiary/aromatic N) is 2. The predicted octanol–water partition coefficient (Wildman–Crippen LogP) is 4.72. The van der Waals surface area contributed by atoms with Crippen molar-refractivity contribution in [1.29, 1.82) is 0 Å². The van der Waals surface area contributed by atoms with Crippen LogP contribution in [-0.4, -0.2) is 47.0 Å². The molecule has 0 aliphatic carbocycles. The molecular formula is C28H25F2N3O4S. The zero-order valence-electron chi connectivity index (χ0n) is 20.5. The molecule has 0 spiro atoms. The van der Waals surface area contributed by atoms with Crippen LogP contribution in [0.1, 0.15) is 29.3 Å². The lowest BCUT2D eigenvalue weighted by molar-refractivity contribution is -0.124. The second-order valence-electron chi connectivity index (χ2n) is 8.57. The van der Waals surface area contributed by atoms with Gasteiger partial charge in [0.1, 0.15) is 17.7 Å². The fourth-order valence-corrected chi connectivity index (χ4v) is 4.52. The number of benzene rings is 3. The van der Waals surface area contributed by atoms with Gasteiger partial charge >= 0.3 is 5.97 Å². The maximum Gasteiger partial charge on any atom is 0.338 e. The van der Waals surface area contributed by atoms with Gasteiger partial charge < -0.3 is 15.0 Å². The minimum Gasteiger partial charge on any atom is -0.462 e. The highest BCUT2D eigenvalue weighted by Gasteiger charge is 2.43. The number of thiocarbonyl (C=S) groups is 1. The third-order valence-electron chi connectivity index (χ3n) is 6.02. The standard InChI is InChI=1S/C28H25F2N3O4S/c1-2-37-27(36)19-5-11-22(12-6-19)31-25(34)17-24-26(35)33(23-13-9-21(30)10-14-23)28(38)32(24)16-15-18-3-7-20(29)8-4-18/h3-14,24H,2,15-17H2,1H3,(H,31,34). The van der Waals surface area contributed by atoms with Crippen molar-refractivity contribution in [3.8, 4) is 0 Å². The van der Waals surface area contributed by atoms with Crippen molar-refractivity contribution in [1.82, 2.24) is 4.90 Å². The van der Waals surface area contributed by atoms with Gasteiger partial charge in [-0.1, -0.05) is 12.1 Å². The zero-order chi connectivity index (χ0) is 27.2. The number of halogens is 2. The highest BCUT2D eigenvalue weighted by molar-refractivity contribution is 7.80. The average molecular weight is 538 g/mol. The lowest BCUT2D eigenvalue weighted by Gasteiger charge is -2.24. The summed E-state index contributed by atoms with van der Waals surface area (Å²) in [5, 5.41) is 2.94. The molecular weight excluding hydrogens is 512 g/mol. The number of nitrogens with one attached hydrogen (secondary N) is 1. The van der Waals surface area contributed by atoms with Crippen molar-refractivity contribution in [3.63, 3.8) is 0 Å². The smallest absolute Gasteiger partial charge is 0.338 e. The molecule has 3 aromatic carbocycles. The Morgan fingerprint density at radius 1 is 0.947 bits per heavy atom. The molecule has 1 aliphatic rings. The number of anilines is 2. The number of carbonyl (C=O) groups excluding carboxylic acids is 3. The van der Waals surface area contributed by atoms with E-state index in [9.17, 15) is 23.2 Å². The molecule has 1 atom stereocenters. The highest BCUT2D eigenvalue weighted by atomic mass is 32.1. The van der Waals surface area contributed by atoms with Crippen molar-refractivity contribution in [2.24, 2.45) is 0 Å². The minimum absolute atomic E-state index is 0.195. The average Bonchev–Trinajstić information content (AvgIpc) is 3.13. The maximum absolute atomic E-state index is 13.5. The molecule has 1 fully saturated rings. The third kappa shape index (κ3) is 6.20. The Labute approximate surface area is 224 Å². The fraction of sp³-hybridized carbons (Fsp3) is 0.214. The number of ether oxygens (including phenoxy) is 1. The van der Waals surface area contributed by atoms with E-state index in [2.05, 4.69) is 5.32 Å². The first-order valence-corrected chi connectivity index (χ1v) is 12.4. The van der Waals surface area contributed by atoms with E-state index in [1.165, 1.54) is 53.4 Å². The van der Waals surface area contributed by atoms with Crippen LogP contribution < -0.4 is 10.2 Å². The molecule has 1 unspecified atom stereocenters. The molecule has 7 nitrogen and oxygen atoms in total. The molecule has 2 amide bonds. The van der Waals surface area contributed by atoms with Gasteiger partial charge in [0.15, 0.2) is 5.11 Å². The first-order chi connectivity index (χ1) is 18.3.